The largest absolute Gasteiger partial charge is 0.307 e. The van der Waals surface area contributed by atoms with Gasteiger partial charge in [0.25, 0.3) is 0 Å². The number of hydrogen-bond donors (Lipinski definition) is 0. The summed E-state index contributed by atoms with van der Waals surface area (Å²) in [6, 6.07) is 4.72. The molecule has 0 N–H and O–H groups in total. The van der Waals surface area contributed by atoms with Gasteiger partial charge in [-0.15, -0.1) is 0 Å². The van der Waals surface area contributed by atoms with Gasteiger partial charge in [0.15, 0.2) is 4.90 Å². The van der Waals surface area contributed by atoms with Crippen LogP contribution in [0.25, 0.3) is 10.9 Å². The number of sulfone groups is 1. The Morgan fingerprint density at radius 3 is 2.68 bits per heavy atom. The van der Waals surface area contributed by atoms with Gasteiger partial charge in [0.05, 0.1) is 10.4 Å². The quantitative estimate of drug-likeness (QED) is 0.631. The van der Waals surface area contributed by atoms with Crippen molar-refractivity contribution in [3.63, 3.8) is 0 Å². The molecule has 0 aliphatic rings. The number of rotatable bonds is 3. The SMILES string of the molecule is C=CS(=O)(=O)c1c([N+](=O)[O-])cnc2ccc(Br)cc12. The summed E-state index contributed by atoms with van der Waals surface area (Å²) in [4.78, 5) is 13.7. The molecule has 19 heavy (non-hydrogen) atoms. The molecular formula is C11H7BrN2O4S. The molecule has 0 aliphatic carbocycles. The molecule has 1 aromatic carbocycles. The molecule has 0 saturated heterocycles. The minimum atomic E-state index is -3.96. The van der Waals surface area contributed by atoms with Crippen molar-refractivity contribution in [1.29, 1.82) is 0 Å². The molecule has 98 valence electrons. The van der Waals surface area contributed by atoms with E-state index < -0.39 is 20.4 Å². The van der Waals surface area contributed by atoms with Gasteiger partial charge < -0.3 is 0 Å². The first-order valence-electron chi connectivity index (χ1n) is 4.97. The summed E-state index contributed by atoms with van der Waals surface area (Å²) >= 11 is 3.20. The maximum Gasteiger partial charge on any atom is 0.307 e. The summed E-state index contributed by atoms with van der Waals surface area (Å²) < 4.78 is 24.6. The lowest BCUT2D eigenvalue weighted by Gasteiger charge is -2.05. The number of nitro groups is 1. The minimum absolute atomic E-state index is 0.184. The van der Waals surface area contributed by atoms with Crippen molar-refractivity contribution in [2.24, 2.45) is 0 Å². The third-order valence-corrected chi connectivity index (χ3v) is 4.39. The zero-order chi connectivity index (χ0) is 14.2. The van der Waals surface area contributed by atoms with E-state index in [4.69, 9.17) is 0 Å². The Bertz CT molecular complexity index is 802. The lowest BCUT2D eigenvalue weighted by molar-refractivity contribution is -0.387. The maximum atomic E-state index is 12.0. The molecule has 0 unspecified atom stereocenters. The van der Waals surface area contributed by atoms with Gasteiger partial charge in [0.1, 0.15) is 6.20 Å². The van der Waals surface area contributed by atoms with Gasteiger partial charge in [-0.1, -0.05) is 22.5 Å². The summed E-state index contributed by atoms with van der Waals surface area (Å²) in [6.07, 6.45) is 0.937. The number of aromatic nitrogens is 1. The van der Waals surface area contributed by atoms with Crippen LogP contribution in [0.2, 0.25) is 0 Å². The molecule has 0 spiro atoms. The van der Waals surface area contributed by atoms with Crippen LogP contribution in [0.5, 0.6) is 0 Å². The van der Waals surface area contributed by atoms with Gasteiger partial charge in [-0.25, -0.2) is 13.4 Å². The fourth-order valence-electron chi connectivity index (χ4n) is 1.64. The van der Waals surface area contributed by atoms with E-state index in [-0.39, 0.29) is 10.3 Å². The lowest BCUT2D eigenvalue weighted by atomic mass is 10.2. The molecule has 0 bridgehead atoms. The van der Waals surface area contributed by atoms with Gasteiger partial charge in [-0.2, -0.15) is 0 Å². The van der Waals surface area contributed by atoms with Crippen molar-refractivity contribution >= 4 is 42.4 Å². The van der Waals surface area contributed by atoms with Crippen LogP contribution in [0.4, 0.5) is 5.69 Å². The van der Waals surface area contributed by atoms with E-state index >= 15 is 0 Å². The van der Waals surface area contributed by atoms with Crippen molar-refractivity contribution in [3.05, 3.63) is 51.0 Å². The Morgan fingerprint density at radius 1 is 1.42 bits per heavy atom. The molecule has 2 rings (SSSR count). The topological polar surface area (TPSA) is 90.2 Å². The summed E-state index contributed by atoms with van der Waals surface area (Å²) in [5, 5.41) is 11.8. The van der Waals surface area contributed by atoms with Gasteiger partial charge >= 0.3 is 5.69 Å². The molecule has 0 fully saturated rings. The zero-order valence-corrected chi connectivity index (χ0v) is 11.8. The number of fused-ring (bicyclic) bond motifs is 1. The molecule has 1 heterocycles. The monoisotopic (exact) mass is 342 g/mol. The molecular weight excluding hydrogens is 336 g/mol. The van der Waals surface area contributed by atoms with Gasteiger partial charge in [0, 0.05) is 15.3 Å². The van der Waals surface area contributed by atoms with Crippen molar-refractivity contribution < 1.29 is 13.3 Å². The Hall–Kier alpha value is -1.80. The Labute approximate surface area is 117 Å². The van der Waals surface area contributed by atoms with E-state index in [2.05, 4.69) is 27.5 Å². The van der Waals surface area contributed by atoms with Gasteiger partial charge in [0.2, 0.25) is 9.84 Å². The van der Waals surface area contributed by atoms with Crippen LogP contribution in [0.15, 0.2) is 45.8 Å². The number of benzene rings is 1. The van der Waals surface area contributed by atoms with Crippen LogP contribution in [-0.2, 0) is 9.84 Å². The van der Waals surface area contributed by atoms with Gasteiger partial charge in [-0.3, -0.25) is 10.1 Å². The molecule has 0 amide bonds. The van der Waals surface area contributed by atoms with Crippen LogP contribution >= 0.6 is 15.9 Å². The van der Waals surface area contributed by atoms with Crippen molar-refractivity contribution in [3.8, 4) is 0 Å². The molecule has 8 heteroatoms. The van der Waals surface area contributed by atoms with E-state index in [1.165, 1.54) is 6.07 Å². The van der Waals surface area contributed by atoms with Crippen LogP contribution in [0.3, 0.4) is 0 Å². The fraction of sp³-hybridized carbons (Fsp3) is 0. The zero-order valence-electron chi connectivity index (χ0n) is 9.41. The number of pyridine rings is 1. The van der Waals surface area contributed by atoms with Crippen LogP contribution in [0.1, 0.15) is 0 Å². The van der Waals surface area contributed by atoms with E-state index in [0.29, 0.717) is 15.4 Å². The van der Waals surface area contributed by atoms with E-state index in [9.17, 15) is 18.5 Å². The molecule has 0 radical (unpaired) electrons. The Balaban J connectivity index is 3.04. The predicted molar refractivity (Wildman–Crippen MR) is 73.5 cm³/mol. The van der Waals surface area contributed by atoms with Crippen molar-refractivity contribution in [2.45, 2.75) is 4.90 Å². The van der Waals surface area contributed by atoms with E-state index in [1.807, 2.05) is 0 Å². The average Bonchev–Trinajstić information content (AvgIpc) is 2.36. The summed E-state index contributed by atoms with van der Waals surface area (Å²) in [5.74, 6) is 0. The summed E-state index contributed by atoms with van der Waals surface area (Å²) in [5.41, 5.74) is -0.209. The van der Waals surface area contributed by atoms with E-state index in [1.54, 1.807) is 12.1 Å². The first-order valence-corrected chi connectivity index (χ1v) is 7.31. The van der Waals surface area contributed by atoms with Crippen LogP contribution in [-0.4, -0.2) is 18.3 Å². The molecule has 0 aliphatic heterocycles. The second-order valence-electron chi connectivity index (χ2n) is 3.60. The average molecular weight is 343 g/mol. The first-order chi connectivity index (χ1) is 8.86. The minimum Gasteiger partial charge on any atom is -0.258 e. The first kappa shape index (κ1) is 13.6. The molecule has 0 saturated carbocycles. The Morgan fingerprint density at radius 2 is 2.11 bits per heavy atom. The van der Waals surface area contributed by atoms with Crippen molar-refractivity contribution in [2.75, 3.05) is 0 Å². The molecule has 6 nitrogen and oxygen atoms in total. The second kappa shape index (κ2) is 4.71. The smallest absolute Gasteiger partial charge is 0.258 e. The van der Waals surface area contributed by atoms with Gasteiger partial charge in [-0.05, 0) is 18.2 Å². The fourth-order valence-corrected chi connectivity index (χ4v) is 3.06. The lowest BCUT2D eigenvalue weighted by Crippen LogP contribution is -2.04. The van der Waals surface area contributed by atoms with E-state index in [0.717, 1.165) is 6.20 Å². The highest BCUT2D eigenvalue weighted by molar-refractivity contribution is 9.10. The van der Waals surface area contributed by atoms with Crippen LogP contribution < -0.4 is 0 Å². The van der Waals surface area contributed by atoms with Crippen molar-refractivity contribution in [1.82, 2.24) is 4.98 Å². The molecule has 2 aromatic rings. The predicted octanol–water partition coefficient (Wildman–Crippen LogP) is 2.82. The third-order valence-electron chi connectivity index (χ3n) is 2.46. The number of halogens is 1. The summed E-state index contributed by atoms with van der Waals surface area (Å²) in [6.45, 7) is 3.20. The third kappa shape index (κ3) is 2.36. The highest BCUT2D eigenvalue weighted by Gasteiger charge is 2.27. The van der Waals surface area contributed by atoms with Crippen LogP contribution in [0, 0.1) is 10.1 Å². The maximum absolute atomic E-state index is 12.0. The highest BCUT2D eigenvalue weighted by atomic mass is 79.9. The second-order valence-corrected chi connectivity index (χ2v) is 6.35. The Kier molecular flexibility index (Phi) is 3.38. The summed E-state index contributed by atoms with van der Waals surface area (Å²) in [7, 11) is -3.96. The standard InChI is InChI=1S/C11H7BrN2O4S/c1-2-19(17,18)11-8-5-7(12)3-4-9(8)13-6-10(11)14(15)16/h2-6H,1H2. The molecule has 1 aromatic heterocycles. The normalized spacial score (nSPS) is 11.4. The molecule has 0 atom stereocenters. The highest BCUT2D eigenvalue weighted by Crippen LogP contribution is 2.33. The number of hydrogen-bond acceptors (Lipinski definition) is 5. The number of nitrogens with zero attached hydrogens (tertiary/aromatic N) is 2.